The maximum absolute atomic E-state index is 13.4. The van der Waals surface area contributed by atoms with Crippen LogP contribution >= 0.6 is 11.6 Å². The Bertz CT molecular complexity index is 719. The summed E-state index contributed by atoms with van der Waals surface area (Å²) >= 11 is 6.15. The first-order valence-electron chi connectivity index (χ1n) is 6.79. The molecule has 1 heterocycles. The Labute approximate surface area is 132 Å². The molecule has 2 N–H and O–H groups in total. The minimum atomic E-state index is -0.542. The number of methoxy groups -OCH3 is 1. The number of ether oxygens (including phenoxy) is 3. The van der Waals surface area contributed by atoms with Crippen LogP contribution in [0.25, 0.3) is 0 Å². The van der Waals surface area contributed by atoms with Gasteiger partial charge in [-0.1, -0.05) is 17.7 Å². The molecule has 2 aromatic rings. The number of nitrogen functional groups attached to an aromatic ring is 1. The zero-order chi connectivity index (χ0) is 15.7. The van der Waals surface area contributed by atoms with Gasteiger partial charge in [0.25, 0.3) is 0 Å². The predicted octanol–water partition coefficient (Wildman–Crippen LogP) is 3.58. The second-order valence-electron chi connectivity index (χ2n) is 4.93. The van der Waals surface area contributed by atoms with Gasteiger partial charge in [-0.2, -0.15) is 0 Å². The summed E-state index contributed by atoms with van der Waals surface area (Å²) in [5, 5.41) is 0.694. The summed E-state index contributed by atoms with van der Waals surface area (Å²) in [4.78, 5) is 0. The van der Waals surface area contributed by atoms with Crippen molar-refractivity contribution in [2.75, 3.05) is 19.5 Å². The van der Waals surface area contributed by atoms with Crippen LogP contribution in [0.4, 0.5) is 10.1 Å². The summed E-state index contributed by atoms with van der Waals surface area (Å²) in [5.74, 6) is 0.891. The Balaban J connectivity index is 1.85. The van der Waals surface area contributed by atoms with Crippen LogP contribution in [0.5, 0.6) is 17.2 Å². The lowest BCUT2D eigenvalue weighted by Gasteiger charge is -2.14. The number of halogens is 2. The number of hydrogen-bond donors (Lipinski definition) is 1. The largest absolute Gasteiger partial charge is 0.493 e. The second kappa shape index (κ2) is 5.93. The van der Waals surface area contributed by atoms with Gasteiger partial charge in [0.1, 0.15) is 18.2 Å². The fourth-order valence-electron chi connectivity index (χ4n) is 2.41. The molecule has 116 valence electrons. The van der Waals surface area contributed by atoms with Crippen molar-refractivity contribution in [3.05, 3.63) is 46.2 Å². The van der Waals surface area contributed by atoms with Crippen LogP contribution in [-0.2, 0) is 13.0 Å². The van der Waals surface area contributed by atoms with Crippen molar-refractivity contribution in [1.29, 1.82) is 0 Å². The molecular formula is C16H15ClFNO3. The van der Waals surface area contributed by atoms with E-state index in [-0.39, 0.29) is 12.3 Å². The van der Waals surface area contributed by atoms with Crippen molar-refractivity contribution in [3.8, 4) is 17.2 Å². The minimum Gasteiger partial charge on any atom is -0.493 e. The third kappa shape index (κ3) is 2.64. The lowest BCUT2D eigenvalue weighted by atomic mass is 10.1. The maximum atomic E-state index is 13.4. The van der Waals surface area contributed by atoms with Crippen LogP contribution < -0.4 is 19.9 Å². The lowest BCUT2D eigenvalue weighted by molar-refractivity contribution is 0.275. The molecule has 0 unspecified atom stereocenters. The number of benzene rings is 2. The van der Waals surface area contributed by atoms with Gasteiger partial charge in [0.05, 0.1) is 19.4 Å². The Morgan fingerprint density at radius 2 is 2.14 bits per heavy atom. The van der Waals surface area contributed by atoms with Crippen LogP contribution in [0.2, 0.25) is 5.02 Å². The van der Waals surface area contributed by atoms with Crippen molar-refractivity contribution < 1.29 is 18.6 Å². The number of rotatable bonds is 4. The van der Waals surface area contributed by atoms with Gasteiger partial charge in [0.15, 0.2) is 11.5 Å². The Morgan fingerprint density at radius 1 is 1.32 bits per heavy atom. The van der Waals surface area contributed by atoms with Gasteiger partial charge in [-0.25, -0.2) is 4.39 Å². The smallest absolute Gasteiger partial charge is 0.163 e. The van der Waals surface area contributed by atoms with Gasteiger partial charge in [0.2, 0.25) is 0 Å². The quantitative estimate of drug-likeness (QED) is 0.874. The fourth-order valence-corrected chi connectivity index (χ4v) is 2.66. The molecule has 22 heavy (non-hydrogen) atoms. The first-order chi connectivity index (χ1) is 10.6. The summed E-state index contributed by atoms with van der Waals surface area (Å²) in [6, 6.07) is 6.29. The summed E-state index contributed by atoms with van der Waals surface area (Å²) in [6.45, 7) is 0.861. The van der Waals surface area contributed by atoms with Crippen molar-refractivity contribution >= 4 is 17.3 Å². The van der Waals surface area contributed by atoms with Crippen LogP contribution in [0.3, 0.4) is 0 Å². The van der Waals surface area contributed by atoms with E-state index in [9.17, 15) is 4.39 Å². The molecule has 0 fully saturated rings. The highest BCUT2D eigenvalue weighted by Gasteiger charge is 2.20. The molecule has 1 aliphatic rings. The average Bonchev–Trinajstić information content (AvgIpc) is 3.00. The molecule has 0 aromatic heterocycles. The highest BCUT2D eigenvalue weighted by atomic mass is 35.5. The Hall–Kier alpha value is -2.14. The van der Waals surface area contributed by atoms with Crippen LogP contribution in [0.1, 0.15) is 11.1 Å². The van der Waals surface area contributed by atoms with Gasteiger partial charge in [-0.15, -0.1) is 0 Å². The SMILES string of the molecule is COc1cc(F)c(N)cc1OCc1ccc(Cl)c2c1OCC2. The molecular weight excluding hydrogens is 309 g/mol. The second-order valence-corrected chi connectivity index (χ2v) is 5.33. The van der Waals surface area contributed by atoms with Crippen molar-refractivity contribution in [2.45, 2.75) is 13.0 Å². The topological polar surface area (TPSA) is 53.7 Å². The van der Waals surface area contributed by atoms with Gasteiger partial charge in [0, 0.05) is 34.7 Å². The zero-order valence-corrected chi connectivity index (χ0v) is 12.7. The average molecular weight is 324 g/mol. The van der Waals surface area contributed by atoms with Crippen molar-refractivity contribution in [2.24, 2.45) is 0 Å². The number of nitrogens with two attached hydrogens (primary N) is 1. The van der Waals surface area contributed by atoms with E-state index in [1.165, 1.54) is 19.2 Å². The predicted molar refractivity (Wildman–Crippen MR) is 82.3 cm³/mol. The number of fused-ring (bicyclic) bond motifs is 1. The molecule has 6 heteroatoms. The Kier molecular flexibility index (Phi) is 3.98. The molecule has 0 atom stereocenters. The highest BCUT2D eigenvalue weighted by molar-refractivity contribution is 6.31. The molecule has 4 nitrogen and oxygen atoms in total. The molecule has 0 saturated heterocycles. The highest BCUT2D eigenvalue weighted by Crippen LogP contribution is 2.37. The third-order valence-electron chi connectivity index (χ3n) is 3.55. The fraction of sp³-hybridized carbons (Fsp3) is 0.250. The van der Waals surface area contributed by atoms with Gasteiger partial charge < -0.3 is 19.9 Å². The number of anilines is 1. The van der Waals surface area contributed by atoms with E-state index >= 15 is 0 Å². The molecule has 2 aromatic carbocycles. The minimum absolute atomic E-state index is 0.00776. The molecule has 0 amide bonds. The summed E-state index contributed by atoms with van der Waals surface area (Å²) in [7, 11) is 1.45. The summed E-state index contributed by atoms with van der Waals surface area (Å²) < 4.78 is 29.9. The standard InChI is InChI=1S/C16H15ClFNO3/c1-20-14-6-12(18)13(19)7-15(14)22-8-9-2-3-11(17)10-4-5-21-16(9)10/h2-3,6-7H,4-5,8,19H2,1H3. The summed E-state index contributed by atoms with van der Waals surface area (Å²) in [6.07, 6.45) is 0.787. The van der Waals surface area contributed by atoms with E-state index in [1.807, 2.05) is 12.1 Å². The molecule has 0 saturated carbocycles. The van der Waals surface area contributed by atoms with E-state index in [0.29, 0.717) is 23.1 Å². The molecule has 0 bridgehead atoms. The molecule has 3 rings (SSSR count). The maximum Gasteiger partial charge on any atom is 0.163 e. The first-order valence-corrected chi connectivity index (χ1v) is 7.17. The first kappa shape index (κ1) is 14.8. The van der Waals surface area contributed by atoms with Crippen LogP contribution in [0, 0.1) is 5.82 Å². The van der Waals surface area contributed by atoms with E-state index in [4.69, 9.17) is 31.5 Å². The van der Waals surface area contributed by atoms with Crippen LogP contribution in [-0.4, -0.2) is 13.7 Å². The van der Waals surface area contributed by atoms with E-state index < -0.39 is 5.82 Å². The van der Waals surface area contributed by atoms with Crippen molar-refractivity contribution in [1.82, 2.24) is 0 Å². The lowest BCUT2D eigenvalue weighted by Crippen LogP contribution is -2.02. The van der Waals surface area contributed by atoms with Crippen LogP contribution in [0.15, 0.2) is 24.3 Å². The van der Waals surface area contributed by atoms with Crippen molar-refractivity contribution in [3.63, 3.8) is 0 Å². The van der Waals surface area contributed by atoms with Gasteiger partial charge >= 0.3 is 0 Å². The third-order valence-corrected chi connectivity index (χ3v) is 3.90. The monoisotopic (exact) mass is 323 g/mol. The molecule has 0 radical (unpaired) electrons. The molecule has 0 spiro atoms. The molecule has 0 aliphatic carbocycles. The normalized spacial score (nSPS) is 12.7. The van der Waals surface area contributed by atoms with Gasteiger partial charge in [-0.05, 0) is 6.07 Å². The van der Waals surface area contributed by atoms with E-state index in [1.54, 1.807) is 0 Å². The zero-order valence-electron chi connectivity index (χ0n) is 12.0. The number of hydrogen-bond acceptors (Lipinski definition) is 4. The Morgan fingerprint density at radius 3 is 2.91 bits per heavy atom. The summed E-state index contributed by atoms with van der Waals surface area (Å²) in [5.41, 5.74) is 7.45. The van der Waals surface area contributed by atoms with Gasteiger partial charge in [-0.3, -0.25) is 0 Å². The van der Waals surface area contributed by atoms with E-state index in [0.717, 1.165) is 23.3 Å². The molecule has 1 aliphatic heterocycles. The van der Waals surface area contributed by atoms with E-state index in [2.05, 4.69) is 0 Å².